The maximum absolute atomic E-state index is 13.5. The first-order chi connectivity index (χ1) is 15.6. The number of ether oxygens (including phenoxy) is 1. The molecule has 0 spiro atoms. The fraction of sp³-hybridized carbons (Fsp3) is 0.261. The Morgan fingerprint density at radius 1 is 1.06 bits per heavy atom. The number of morpholine rings is 1. The van der Waals surface area contributed by atoms with Gasteiger partial charge in [-0.2, -0.15) is 0 Å². The van der Waals surface area contributed by atoms with Crippen molar-refractivity contribution in [1.29, 1.82) is 0 Å². The van der Waals surface area contributed by atoms with Crippen LogP contribution >= 0.6 is 23.4 Å². The van der Waals surface area contributed by atoms with Crippen molar-refractivity contribution in [3.63, 3.8) is 0 Å². The van der Waals surface area contributed by atoms with Gasteiger partial charge < -0.3 is 10.1 Å². The lowest BCUT2D eigenvalue weighted by molar-refractivity contribution is -0.122. The summed E-state index contributed by atoms with van der Waals surface area (Å²) in [6.45, 7) is 4.26. The molecule has 3 heterocycles. The number of rotatable bonds is 4. The third-order valence-electron chi connectivity index (χ3n) is 5.54. The Hall–Kier alpha value is -2.65. The zero-order valence-corrected chi connectivity index (χ0v) is 18.8. The van der Waals surface area contributed by atoms with Crippen LogP contribution in [0, 0.1) is 0 Å². The molecule has 9 heteroatoms. The van der Waals surface area contributed by atoms with E-state index in [0.717, 1.165) is 18.8 Å². The summed E-state index contributed by atoms with van der Waals surface area (Å²) in [6, 6.07) is 14.7. The topological polar surface area (TPSA) is 74.2 Å². The second-order valence-electron chi connectivity index (χ2n) is 7.59. The predicted octanol–water partition coefficient (Wildman–Crippen LogP) is 3.60. The molecule has 2 aromatic rings. The van der Waals surface area contributed by atoms with E-state index >= 15 is 0 Å². The Balaban J connectivity index is 1.51. The van der Waals surface area contributed by atoms with E-state index in [2.05, 4.69) is 10.2 Å². The summed E-state index contributed by atoms with van der Waals surface area (Å²) < 4.78 is 5.42. The minimum absolute atomic E-state index is 0.212. The van der Waals surface area contributed by atoms with Crippen LogP contribution in [0.25, 0.3) is 5.57 Å². The highest BCUT2D eigenvalue weighted by Crippen LogP contribution is 2.43. The van der Waals surface area contributed by atoms with Gasteiger partial charge in [-0.25, -0.2) is 4.99 Å². The molecule has 0 aromatic heterocycles. The molecule has 1 N–H and O–H groups in total. The molecule has 2 fully saturated rings. The van der Waals surface area contributed by atoms with Crippen LogP contribution in [-0.4, -0.2) is 66.2 Å². The van der Waals surface area contributed by atoms with Crippen molar-refractivity contribution in [3.8, 4) is 0 Å². The normalized spacial score (nSPS) is 22.5. The number of halogens is 1. The molecule has 7 nitrogen and oxygen atoms in total. The predicted molar refractivity (Wildman–Crippen MR) is 127 cm³/mol. The van der Waals surface area contributed by atoms with Crippen LogP contribution in [0.1, 0.15) is 5.56 Å². The monoisotopic (exact) mass is 468 g/mol. The molecule has 32 heavy (non-hydrogen) atoms. The number of amides is 2. The van der Waals surface area contributed by atoms with Crippen molar-refractivity contribution in [2.75, 3.05) is 44.7 Å². The second kappa shape index (κ2) is 9.07. The molecule has 0 saturated carbocycles. The van der Waals surface area contributed by atoms with Crippen LogP contribution in [0.5, 0.6) is 0 Å². The molecule has 0 atom stereocenters. The number of carbonyl (C=O) groups is 2. The molecule has 3 aliphatic heterocycles. The maximum Gasteiger partial charge on any atom is 0.267 e. The molecule has 2 aromatic carbocycles. The average molecular weight is 469 g/mol. The van der Waals surface area contributed by atoms with E-state index < -0.39 is 0 Å². The van der Waals surface area contributed by atoms with E-state index in [1.807, 2.05) is 30.3 Å². The Bertz CT molecular complexity index is 1130. The Morgan fingerprint density at radius 3 is 2.62 bits per heavy atom. The quantitative estimate of drug-likeness (QED) is 0.694. The minimum Gasteiger partial charge on any atom is -0.379 e. The lowest BCUT2D eigenvalue weighted by atomic mass is 10.1. The number of nitrogens with one attached hydrogen (secondary N) is 1. The second-order valence-corrected chi connectivity index (χ2v) is 9.00. The van der Waals surface area contributed by atoms with Gasteiger partial charge in [0.05, 0.1) is 29.4 Å². The Labute approximate surface area is 195 Å². The van der Waals surface area contributed by atoms with E-state index in [9.17, 15) is 9.59 Å². The van der Waals surface area contributed by atoms with Gasteiger partial charge in [-0.05, 0) is 42.1 Å². The highest BCUT2D eigenvalue weighted by molar-refractivity contribution is 8.18. The van der Waals surface area contributed by atoms with Gasteiger partial charge in [0.2, 0.25) is 0 Å². The van der Waals surface area contributed by atoms with Crippen LogP contribution in [0.4, 0.5) is 11.4 Å². The molecule has 0 radical (unpaired) electrons. The fourth-order valence-corrected chi connectivity index (χ4v) is 5.17. The summed E-state index contributed by atoms with van der Waals surface area (Å²) in [5.41, 5.74) is 2.41. The number of fused-ring (bicyclic) bond motifs is 1. The van der Waals surface area contributed by atoms with Crippen LogP contribution in [0.3, 0.4) is 0 Å². The van der Waals surface area contributed by atoms with Gasteiger partial charge in [-0.3, -0.25) is 19.4 Å². The number of amidine groups is 1. The molecular weight excluding hydrogens is 448 g/mol. The number of hydrogen-bond donors (Lipinski definition) is 1. The zero-order valence-electron chi connectivity index (χ0n) is 17.2. The molecule has 5 rings (SSSR count). The zero-order chi connectivity index (χ0) is 22.1. The number of nitrogens with zero attached hydrogens (tertiary/aromatic N) is 3. The van der Waals surface area contributed by atoms with Gasteiger partial charge in [0.1, 0.15) is 0 Å². The van der Waals surface area contributed by atoms with E-state index in [-0.39, 0.29) is 11.8 Å². The Morgan fingerprint density at radius 2 is 1.84 bits per heavy atom. The molecular formula is C23H21ClN4O3S. The SMILES string of the molecule is O=C1Nc2ccc(Cl)cc2/C1=C1/S/C(=N\c2ccccc2)N(CCN2CCOCC2)C1=O. The van der Waals surface area contributed by atoms with Crippen LogP contribution in [0.15, 0.2) is 58.4 Å². The number of benzene rings is 2. The van der Waals surface area contributed by atoms with E-state index in [4.69, 9.17) is 21.3 Å². The van der Waals surface area contributed by atoms with Crippen molar-refractivity contribution < 1.29 is 14.3 Å². The van der Waals surface area contributed by atoms with Crippen molar-refractivity contribution in [2.45, 2.75) is 0 Å². The first kappa shape index (κ1) is 21.2. The van der Waals surface area contributed by atoms with Crippen LogP contribution < -0.4 is 5.32 Å². The van der Waals surface area contributed by atoms with Gasteiger partial charge in [-0.15, -0.1) is 0 Å². The number of thioether (sulfide) groups is 1. The third kappa shape index (κ3) is 4.19. The number of para-hydroxylation sites is 1. The van der Waals surface area contributed by atoms with Gasteiger partial charge in [0.15, 0.2) is 5.17 Å². The summed E-state index contributed by atoms with van der Waals surface area (Å²) in [4.78, 5) is 35.3. The molecule has 0 aliphatic carbocycles. The average Bonchev–Trinajstić information content (AvgIpc) is 3.28. The number of aliphatic imine (C=N–C) groups is 1. The van der Waals surface area contributed by atoms with E-state index in [0.29, 0.717) is 58.2 Å². The largest absolute Gasteiger partial charge is 0.379 e. The van der Waals surface area contributed by atoms with Crippen molar-refractivity contribution in [2.24, 2.45) is 4.99 Å². The first-order valence-electron chi connectivity index (χ1n) is 10.4. The summed E-state index contributed by atoms with van der Waals surface area (Å²) >= 11 is 7.41. The summed E-state index contributed by atoms with van der Waals surface area (Å²) in [6.07, 6.45) is 0. The summed E-state index contributed by atoms with van der Waals surface area (Å²) in [5.74, 6) is -0.511. The lowest BCUT2D eigenvalue weighted by Gasteiger charge is -2.28. The number of carbonyl (C=O) groups excluding carboxylic acids is 2. The van der Waals surface area contributed by atoms with E-state index in [1.54, 1.807) is 23.1 Å². The summed E-state index contributed by atoms with van der Waals surface area (Å²) in [5, 5.41) is 3.91. The molecule has 3 aliphatic rings. The van der Waals surface area contributed by atoms with Crippen molar-refractivity contribution >= 4 is 57.3 Å². The van der Waals surface area contributed by atoms with Crippen molar-refractivity contribution in [3.05, 3.63) is 64.0 Å². The van der Waals surface area contributed by atoms with Crippen molar-refractivity contribution in [1.82, 2.24) is 9.80 Å². The smallest absolute Gasteiger partial charge is 0.267 e. The highest BCUT2D eigenvalue weighted by Gasteiger charge is 2.40. The lowest BCUT2D eigenvalue weighted by Crippen LogP contribution is -2.42. The summed E-state index contributed by atoms with van der Waals surface area (Å²) in [7, 11) is 0. The molecule has 164 valence electrons. The maximum atomic E-state index is 13.5. The fourth-order valence-electron chi connectivity index (χ4n) is 3.88. The third-order valence-corrected chi connectivity index (χ3v) is 6.85. The van der Waals surface area contributed by atoms with Gasteiger partial charge >= 0.3 is 0 Å². The number of anilines is 1. The molecule has 0 bridgehead atoms. The number of hydrogen-bond acceptors (Lipinski definition) is 6. The Kier molecular flexibility index (Phi) is 6.01. The van der Waals surface area contributed by atoms with Crippen LogP contribution in [0.2, 0.25) is 5.02 Å². The minimum atomic E-state index is -0.299. The van der Waals surface area contributed by atoms with Gasteiger partial charge in [-0.1, -0.05) is 29.8 Å². The standard InChI is InChI=1S/C23H21ClN4O3S/c24-15-6-7-18-17(14-15)19(21(29)26-18)20-22(30)28(9-8-27-10-12-31-13-11-27)23(32-20)25-16-4-2-1-3-5-16/h1-7,14H,8-13H2,(H,26,29)/b20-19-,25-23-. The van der Waals surface area contributed by atoms with E-state index in [1.165, 1.54) is 11.8 Å². The first-order valence-corrected chi connectivity index (χ1v) is 11.6. The van der Waals surface area contributed by atoms with Gasteiger partial charge in [0.25, 0.3) is 11.8 Å². The van der Waals surface area contributed by atoms with Gasteiger partial charge in [0, 0.05) is 42.5 Å². The molecule has 2 amide bonds. The molecule has 0 unspecified atom stereocenters. The molecule has 2 saturated heterocycles. The van der Waals surface area contributed by atoms with Crippen LogP contribution in [-0.2, 0) is 14.3 Å². The highest BCUT2D eigenvalue weighted by atomic mass is 35.5.